The number of halogens is 1. The Morgan fingerprint density at radius 1 is 1.29 bits per heavy atom. The molecule has 2 aromatic heterocycles. The van der Waals surface area contributed by atoms with Crippen LogP contribution in [0.3, 0.4) is 0 Å². The number of carboxylic acids is 1. The molecule has 6 nitrogen and oxygen atoms in total. The van der Waals surface area contributed by atoms with Gasteiger partial charge < -0.3 is 14.6 Å². The lowest BCUT2D eigenvalue weighted by Crippen LogP contribution is -2.03. The number of aliphatic carboxylic acids is 1. The molecule has 0 aliphatic carbocycles. The average molecular weight is 389 g/mol. The van der Waals surface area contributed by atoms with Crippen molar-refractivity contribution in [1.82, 2.24) is 10.1 Å². The first kappa shape index (κ1) is 16.2. The maximum absolute atomic E-state index is 12.8. The van der Waals surface area contributed by atoms with Gasteiger partial charge in [-0.2, -0.15) is 0 Å². The first-order valence-electron chi connectivity index (χ1n) is 7.11. The van der Waals surface area contributed by atoms with Crippen molar-refractivity contribution < 1.29 is 19.2 Å². The van der Waals surface area contributed by atoms with Crippen LogP contribution in [0.4, 0.5) is 0 Å². The quantitative estimate of drug-likeness (QED) is 0.650. The summed E-state index contributed by atoms with van der Waals surface area (Å²) < 4.78 is 6.13. The van der Waals surface area contributed by atoms with Crippen LogP contribution in [0.5, 0.6) is 0 Å². The monoisotopic (exact) mass is 388 g/mol. The van der Waals surface area contributed by atoms with E-state index in [1.54, 1.807) is 6.92 Å². The highest BCUT2D eigenvalue weighted by Gasteiger charge is 2.23. The van der Waals surface area contributed by atoms with Crippen LogP contribution < -0.4 is 0 Å². The van der Waals surface area contributed by atoms with Gasteiger partial charge in [-0.3, -0.25) is 9.59 Å². The molecule has 3 rings (SSSR count). The number of ketones is 1. The Morgan fingerprint density at radius 2 is 2.00 bits per heavy atom. The van der Waals surface area contributed by atoms with Crippen molar-refractivity contribution in [3.8, 4) is 11.3 Å². The molecule has 7 heteroatoms. The number of aromatic nitrogens is 2. The van der Waals surface area contributed by atoms with Crippen molar-refractivity contribution in [3.05, 3.63) is 63.6 Å². The molecule has 3 aromatic rings. The maximum Gasteiger partial charge on any atom is 0.309 e. The van der Waals surface area contributed by atoms with Crippen molar-refractivity contribution in [1.29, 1.82) is 0 Å². The minimum atomic E-state index is -0.965. The number of hydrogen-bond donors (Lipinski definition) is 2. The highest BCUT2D eigenvalue weighted by Crippen LogP contribution is 2.28. The zero-order chi connectivity index (χ0) is 17.3. The molecule has 0 saturated heterocycles. The highest BCUT2D eigenvalue weighted by atomic mass is 79.9. The molecule has 0 spiro atoms. The van der Waals surface area contributed by atoms with Gasteiger partial charge in [-0.15, -0.1) is 0 Å². The van der Waals surface area contributed by atoms with E-state index in [4.69, 9.17) is 9.63 Å². The van der Waals surface area contributed by atoms with Crippen LogP contribution in [0.2, 0.25) is 0 Å². The van der Waals surface area contributed by atoms with Crippen LogP contribution >= 0.6 is 15.9 Å². The summed E-state index contributed by atoms with van der Waals surface area (Å²) in [6, 6.07) is 8.92. The first-order valence-corrected chi connectivity index (χ1v) is 7.91. The molecule has 2 N–H and O–H groups in total. The van der Waals surface area contributed by atoms with Crippen molar-refractivity contribution in [2.24, 2.45) is 0 Å². The highest BCUT2D eigenvalue weighted by molar-refractivity contribution is 9.10. The molecule has 0 aliphatic heterocycles. The Hall–Kier alpha value is -2.67. The lowest BCUT2D eigenvalue weighted by Gasteiger charge is -2.01. The molecular weight excluding hydrogens is 376 g/mol. The summed E-state index contributed by atoms with van der Waals surface area (Å²) in [7, 11) is 0. The van der Waals surface area contributed by atoms with Gasteiger partial charge in [-0.1, -0.05) is 33.2 Å². The number of rotatable bonds is 5. The van der Waals surface area contributed by atoms with Gasteiger partial charge in [0.15, 0.2) is 5.78 Å². The van der Waals surface area contributed by atoms with E-state index in [-0.39, 0.29) is 12.2 Å². The van der Waals surface area contributed by atoms with Crippen LogP contribution in [0.15, 0.2) is 45.5 Å². The molecule has 0 unspecified atom stereocenters. The minimum absolute atomic E-state index is 0.171. The second kappa shape index (κ2) is 6.45. The predicted molar refractivity (Wildman–Crippen MR) is 89.9 cm³/mol. The molecule has 1 aromatic carbocycles. The van der Waals surface area contributed by atoms with E-state index in [0.717, 1.165) is 10.0 Å². The molecular formula is C17H13BrN2O4. The standard InChI is InChI=1S/C17H13BrN2O4/c1-9-15(16(20-24-9)10-2-4-12(18)5-3-10)17(23)11-6-13(19-8-11)7-14(21)22/h2-6,8,19H,7H2,1H3,(H,21,22). The molecule has 2 heterocycles. The Kier molecular flexibility index (Phi) is 4.35. The van der Waals surface area contributed by atoms with E-state index < -0.39 is 5.97 Å². The molecule has 0 fully saturated rings. The molecule has 122 valence electrons. The second-order valence-corrected chi connectivity index (χ2v) is 6.20. The Balaban J connectivity index is 1.98. The van der Waals surface area contributed by atoms with Gasteiger partial charge in [0.2, 0.25) is 0 Å². The van der Waals surface area contributed by atoms with E-state index in [2.05, 4.69) is 26.1 Å². The van der Waals surface area contributed by atoms with E-state index in [9.17, 15) is 9.59 Å². The SMILES string of the molecule is Cc1onc(-c2ccc(Br)cc2)c1C(=O)c1c[nH]c(CC(=O)O)c1. The predicted octanol–water partition coefficient (Wildman–Crippen LogP) is 3.60. The number of aromatic amines is 1. The third-order valence-corrected chi connectivity index (χ3v) is 4.08. The number of carbonyl (C=O) groups is 2. The van der Waals surface area contributed by atoms with Crippen molar-refractivity contribution in [3.63, 3.8) is 0 Å². The fourth-order valence-electron chi connectivity index (χ4n) is 2.43. The largest absolute Gasteiger partial charge is 0.481 e. The minimum Gasteiger partial charge on any atom is -0.481 e. The lowest BCUT2D eigenvalue weighted by molar-refractivity contribution is -0.136. The Labute approximate surface area is 145 Å². The van der Waals surface area contributed by atoms with Gasteiger partial charge in [0.1, 0.15) is 11.5 Å². The summed E-state index contributed by atoms with van der Waals surface area (Å²) >= 11 is 3.37. The summed E-state index contributed by atoms with van der Waals surface area (Å²) in [6.45, 7) is 1.67. The fraction of sp³-hybridized carbons (Fsp3) is 0.118. The fourth-order valence-corrected chi connectivity index (χ4v) is 2.69. The average Bonchev–Trinajstić information content (AvgIpc) is 3.14. The summed E-state index contributed by atoms with van der Waals surface area (Å²) in [4.78, 5) is 26.4. The molecule has 0 amide bonds. The number of H-pyrrole nitrogens is 1. The molecule has 0 radical (unpaired) electrons. The second-order valence-electron chi connectivity index (χ2n) is 5.28. The summed E-state index contributed by atoms with van der Waals surface area (Å²) in [5.74, 6) is -0.814. The van der Waals surface area contributed by atoms with Crippen LogP contribution in [-0.4, -0.2) is 27.0 Å². The molecule has 24 heavy (non-hydrogen) atoms. The molecule has 0 saturated carbocycles. The number of benzene rings is 1. The normalized spacial score (nSPS) is 10.8. The van der Waals surface area contributed by atoms with E-state index in [0.29, 0.717) is 28.3 Å². The van der Waals surface area contributed by atoms with E-state index >= 15 is 0 Å². The van der Waals surface area contributed by atoms with Gasteiger partial charge in [-0.05, 0) is 25.1 Å². The van der Waals surface area contributed by atoms with Gasteiger partial charge >= 0.3 is 5.97 Å². The van der Waals surface area contributed by atoms with Crippen molar-refractivity contribution in [2.75, 3.05) is 0 Å². The zero-order valence-corrected chi connectivity index (χ0v) is 14.3. The molecule has 0 atom stereocenters. The Morgan fingerprint density at radius 3 is 2.67 bits per heavy atom. The van der Waals surface area contributed by atoms with Gasteiger partial charge in [0.05, 0.1) is 12.0 Å². The third-order valence-electron chi connectivity index (χ3n) is 3.55. The molecule has 0 aliphatic rings. The maximum atomic E-state index is 12.8. The molecule has 0 bridgehead atoms. The van der Waals surface area contributed by atoms with Gasteiger partial charge in [0.25, 0.3) is 0 Å². The van der Waals surface area contributed by atoms with Crippen molar-refractivity contribution in [2.45, 2.75) is 13.3 Å². The summed E-state index contributed by atoms with van der Waals surface area (Å²) in [5, 5.41) is 12.8. The van der Waals surface area contributed by atoms with E-state index in [1.165, 1.54) is 12.3 Å². The van der Waals surface area contributed by atoms with Crippen molar-refractivity contribution >= 4 is 27.7 Å². The first-order chi connectivity index (χ1) is 11.5. The number of hydrogen-bond acceptors (Lipinski definition) is 4. The Bertz CT molecular complexity index is 909. The number of nitrogens with one attached hydrogen (secondary N) is 1. The zero-order valence-electron chi connectivity index (χ0n) is 12.7. The van der Waals surface area contributed by atoms with Gasteiger partial charge in [0, 0.05) is 27.5 Å². The van der Waals surface area contributed by atoms with Crippen LogP contribution in [0, 0.1) is 6.92 Å². The van der Waals surface area contributed by atoms with Crippen LogP contribution in [0.1, 0.15) is 27.4 Å². The number of carbonyl (C=O) groups excluding carboxylic acids is 1. The third kappa shape index (κ3) is 3.16. The topological polar surface area (TPSA) is 96.2 Å². The van der Waals surface area contributed by atoms with E-state index in [1.807, 2.05) is 24.3 Å². The summed E-state index contributed by atoms with van der Waals surface area (Å²) in [5.41, 5.74) is 2.44. The number of carboxylic acid groups (broad SMARTS) is 1. The van der Waals surface area contributed by atoms with Crippen LogP contribution in [0.25, 0.3) is 11.3 Å². The smallest absolute Gasteiger partial charge is 0.309 e. The lowest BCUT2D eigenvalue weighted by atomic mass is 9.99. The summed E-state index contributed by atoms with van der Waals surface area (Å²) in [6.07, 6.45) is 1.33. The van der Waals surface area contributed by atoms with Crippen LogP contribution in [-0.2, 0) is 11.2 Å². The number of nitrogens with zero attached hydrogens (tertiary/aromatic N) is 1. The number of aryl methyl sites for hydroxylation is 1. The van der Waals surface area contributed by atoms with Gasteiger partial charge in [-0.25, -0.2) is 0 Å².